The van der Waals surface area contributed by atoms with E-state index in [1.54, 1.807) is 0 Å². The first-order valence-corrected chi connectivity index (χ1v) is 17.7. The van der Waals surface area contributed by atoms with Gasteiger partial charge in [0.1, 0.15) is 37.6 Å². The van der Waals surface area contributed by atoms with Crippen LogP contribution in [0, 0.1) is 0 Å². The summed E-state index contributed by atoms with van der Waals surface area (Å²) in [5.74, 6) is -0.441. The first kappa shape index (κ1) is 51.5. The molecule has 1 rings (SSSR count). The van der Waals surface area contributed by atoms with Gasteiger partial charge in [0.15, 0.2) is 18.9 Å². The monoisotopic (exact) mass is 792 g/mol. The number of alkyl carbamates (subject to hydrolysis) is 2. The van der Waals surface area contributed by atoms with Crippen molar-refractivity contribution in [3.63, 3.8) is 0 Å². The molecule has 320 valence electrons. The number of methoxy groups -OCH3 is 2. The van der Waals surface area contributed by atoms with E-state index in [0.717, 1.165) is 0 Å². The fourth-order valence-corrected chi connectivity index (χ4v) is 4.24. The molecule has 3 amide bonds. The van der Waals surface area contributed by atoms with E-state index in [1.807, 2.05) is 13.8 Å². The third-order valence-corrected chi connectivity index (χ3v) is 7.30. The quantitative estimate of drug-likeness (QED) is 0.0280. The lowest BCUT2D eigenvalue weighted by Gasteiger charge is -2.42. The van der Waals surface area contributed by atoms with Crippen molar-refractivity contribution < 1.29 is 87.3 Å². The van der Waals surface area contributed by atoms with E-state index < -0.39 is 74.0 Å². The minimum absolute atomic E-state index is 0.0383. The van der Waals surface area contributed by atoms with Gasteiger partial charge in [-0.3, -0.25) is 4.79 Å². The Hall–Kier alpha value is -2.55. The summed E-state index contributed by atoms with van der Waals surface area (Å²) >= 11 is 0. The van der Waals surface area contributed by atoms with Crippen LogP contribution < -0.4 is 21.7 Å². The van der Waals surface area contributed by atoms with Gasteiger partial charge in [0.05, 0.1) is 65.1 Å². The summed E-state index contributed by atoms with van der Waals surface area (Å²) in [5, 5.41) is 55.0. The number of aliphatic hydroxyl groups excluding tert-OH is 5. The maximum Gasteiger partial charge on any atom is 0.407 e. The lowest BCUT2D eigenvalue weighted by Crippen LogP contribution is -2.64. The van der Waals surface area contributed by atoms with E-state index in [4.69, 9.17) is 63.3 Å². The summed E-state index contributed by atoms with van der Waals surface area (Å²) in [5.41, 5.74) is 5.21. The number of nitrogens with two attached hydrogens (primary N) is 1. The molecule has 10 N–H and O–H groups in total. The van der Waals surface area contributed by atoms with E-state index in [2.05, 4.69) is 16.0 Å². The van der Waals surface area contributed by atoms with Gasteiger partial charge in [-0.2, -0.15) is 0 Å². The van der Waals surface area contributed by atoms with Gasteiger partial charge < -0.3 is 94.6 Å². The molecule has 0 aliphatic carbocycles. The average Bonchev–Trinajstić information content (AvgIpc) is 3.17. The van der Waals surface area contributed by atoms with Gasteiger partial charge in [0, 0.05) is 40.8 Å². The minimum Gasteiger partial charge on any atom is -0.444 e. The summed E-state index contributed by atoms with van der Waals surface area (Å²) in [4.78, 5) is 34.2. The molecule has 22 nitrogen and oxygen atoms in total. The number of amides is 3. The molecule has 0 aromatic rings. The van der Waals surface area contributed by atoms with Gasteiger partial charge >= 0.3 is 12.2 Å². The molecular weight excluding hydrogens is 728 g/mol. The van der Waals surface area contributed by atoms with Gasteiger partial charge in [-0.1, -0.05) is 13.8 Å². The summed E-state index contributed by atoms with van der Waals surface area (Å²) in [6, 6.07) is -1.01. The Kier molecular flexibility index (Phi) is 31.1. The highest BCUT2D eigenvalue weighted by atomic mass is 16.7. The maximum absolute atomic E-state index is 11.7. The summed E-state index contributed by atoms with van der Waals surface area (Å²) in [7, 11) is 2.85. The number of rotatable bonds is 28. The number of nitrogens with one attached hydrogen (secondary N) is 3. The van der Waals surface area contributed by atoms with Crippen LogP contribution in [-0.4, -0.2) is 199 Å². The standard InChI is InChI=1S/C22H42N2O13.C10H22N2O5/c1-4-15(11-25)36-17(31-3)13-35-22(30)23-5-6-32-7-8-33-9-10-34-21-18(24-14(2)27)20(29)19(28)16(12-26)37-21;1-3-8(6-13)17-9(15-2)7-16-10(14)12-5-4-11/h15-21,25-26,28-29H,4-13H2,1-3H3,(H,23,30)(H,24,27);8-9,13H,3-7,11H2,1-2H3,(H,12,14). The van der Waals surface area contributed by atoms with Gasteiger partial charge in [-0.05, 0) is 12.8 Å². The van der Waals surface area contributed by atoms with Crippen molar-refractivity contribution in [1.29, 1.82) is 0 Å². The van der Waals surface area contributed by atoms with Gasteiger partial charge in [0.2, 0.25) is 5.91 Å². The van der Waals surface area contributed by atoms with Gasteiger partial charge in [0.25, 0.3) is 0 Å². The van der Waals surface area contributed by atoms with Crippen LogP contribution in [-0.2, 0) is 52.2 Å². The van der Waals surface area contributed by atoms with Gasteiger partial charge in [-0.25, -0.2) is 9.59 Å². The predicted molar refractivity (Wildman–Crippen MR) is 187 cm³/mol. The molecule has 0 aromatic heterocycles. The van der Waals surface area contributed by atoms with Crippen LogP contribution in [0.15, 0.2) is 0 Å². The smallest absolute Gasteiger partial charge is 0.407 e. The molecule has 0 bridgehead atoms. The number of hydrogen-bond donors (Lipinski definition) is 9. The zero-order valence-electron chi connectivity index (χ0n) is 31.9. The summed E-state index contributed by atoms with van der Waals surface area (Å²) in [6.45, 7) is 5.85. The normalized spacial score (nSPS) is 21.8. The molecule has 9 atom stereocenters. The Bertz CT molecular complexity index is 951. The number of ether oxygens (including phenoxy) is 10. The van der Waals surface area contributed by atoms with E-state index in [-0.39, 0.29) is 72.1 Å². The third kappa shape index (κ3) is 23.4. The highest BCUT2D eigenvalue weighted by molar-refractivity contribution is 5.73. The second-order valence-electron chi connectivity index (χ2n) is 11.4. The second kappa shape index (κ2) is 32.7. The number of carbonyl (C=O) groups is 3. The SMILES string of the molecule is CCC(CO)OC(COC(=O)NCCN)OC.CCC(CO)OC(COC(=O)NCCOCCOCCOC1OC(CO)C(O)C(O)C1NC(C)=O)OC. The van der Waals surface area contributed by atoms with Crippen LogP contribution in [0.3, 0.4) is 0 Å². The lowest BCUT2D eigenvalue weighted by molar-refractivity contribution is -0.272. The lowest BCUT2D eigenvalue weighted by atomic mass is 9.97. The molecule has 1 fully saturated rings. The molecule has 1 saturated heterocycles. The highest BCUT2D eigenvalue weighted by Crippen LogP contribution is 2.22. The van der Waals surface area contributed by atoms with Crippen LogP contribution in [0.2, 0.25) is 0 Å². The van der Waals surface area contributed by atoms with E-state index in [1.165, 1.54) is 21.1 Å². The molecule has 1 heterocycles. The van der Waals surface area contributed by atoms with E-state index in [9.17, 15) is 29.7 Å². The third-order valence-electron chi connectivity index (χ3n) is 7.30. The Morgan fingerprint density at radius 2 is 1.26 bits per heavy atom. The molecule has 22 heteroatoms. The number of hydrogen-bond acceptors (Lipinski definition) is 19. The van der Waals surface area contributed by atoms with Crippen LogP contribution in [0.25, 0.3) is 0 Å². The molecule has 0 aromatic carbocycles. The molecule has 54 heavy (non-hydrogen) atoms. The van der Waals surface area contributed by atoms with Crippen molar-refractivity contribution >= 4 is 18.1 Å². The molecule has 1 aliphatic rings. The van der Waals surface area contributed by atoms with Crippen LogP contribution >= 0.6 is 0 Å². The molecule has 1 aliphatic heterocycles. The zero-order valence-corrected chi connectivity index (χ0v) is 31.9. The fraction of sp³-hybridized carbons (Fsp3) is 0.906. The molecule has 0 radical (unpaired) electrons. The molecule has 9 unspecified atom stereocenters. The summed E-state index contributed by atoms with van der Waals surface area (Å²) in [6.07, 6.45) is -7.09. The molecule has 0 saturated carbocycles. The Labute approximate surface area is 316 Å². The second-order valence-corrected chi connectivity index (χ2v) is 11.4. The van der Waals surface area contributed by atoms with E-state index in [0.29, 0.717) is 25.9 Å². The van der Waals surface area contributed by atoms with Crippen molar-refractivity contribution in [1.82, 2.24) is 16.0 Å². The Morgan fingerprint density at radius 3 is 1.70 bits per heavy atom. The van der Waals surface area contributed by atoms with Crippen molar-refractivity contribution in [2.75, 3.05) is 99.9 Å². The van der Waals surface area contributed by atoms with Crippen LogP contribution in [0.5, 0.6) is 0 Å². The average molecular weight is 793 g/mol. The van der Waals surface area contributed by atoms with Crippen LogP contribution in [0.1, 0.15) is 33.6 Å². The first-order chi connectivity index (χ1) is 25.9. The van der Waals surface area contributed by atoms with E-state index >= 15 is 0 Å². The van der Waals surface area contributed by atoms with Crippen molar-refractivity contribution in [2.45, 2.75) is 89.0 Å². The van der Waals surface area contributed by atoms with Crippen LogP contribution in [0.4, 0.5) is 9.59 Å². The Morgan fingerprint density at radius 1 is 0.759 bits per heavy atom. The first-order valence-electron chi connectivity index (χ1n) is 17.7. The maximum atomic E-state index is 11.7. The minimum atomic E-state index is -1.38. The largest absolute Gasteiger partial charge is 0.444 e. The van der Waals surface area contributed by atoms with Gasteiger partial charge in [-0.15, -0.1) is 0 Å². The van der Waals surface area contributed by atoms with Crippen molar-refractivity contribution in [2.24, 2.45) is 5.73 Å². The fourth-order valence-electron chi connectivity index (χ4n) is 4.24. The molecule has 0 spiro atoms. The highest BCUT2D eigenvalue weighted by Gasteiger charge is 2.45. The number of aliphatic hydroxyl groups is 5. The molecular formula is C32H64N4O18. The summed E-state index contributed by atoms with van der Waals surface area (Å²) < 4.78 is 52.4. The predicted octanol–water partition coefficient (Wildman–Crippen LogP) is -3.10. The number of carbonyl (C=O) groups excluding carboxylic acids is 3. The van der Waals surface area contributed by atoms with Crippen molar-refractivity contribution in [3.05, 3.63) is 0 Å². The van der Waals surface area contributed by atoms with Crippen molar-refractivity contribution in [3.8, 4) is 0 Å². The Balaban J connectivity index is 0.00000138. The topological polar surface area (TPSA) is 307 Å². The zero-order chi connectivity index (χ0) is 40.7.